The number of benzene rings is 2. The van der Waals surface area contributed by atoms with Gasteiger partial charge in [0.05, 0.1) is 30.3 Å². The minimum atomic E-state index is -3.55. The molecule has 2 aromatic carbocycles. The number of methoxy groups -OCH3 is 1. The zero-order valence-corrected chi connectivity index (χ0v) is 18.6. The molecule has 2 N–H and O–H groups in total. The lowest BCUT2D eigenvalue weighted by Crippen LogP contribution is -2.26. The Balaban J connectivity index is 1.79. The molecule has 164 valence electrons. The average Bonchev–Trinajstić information content (AvgIpc) is 3.26. The maximum atomic E-state index is 13.0. The molecular formula is C23H22N4O4S. The van der Waals surface area contributed by atoms with Crippen LogP contribution >= 0.6 is 0 Å². The van der Waals surface area contributed by atoms with Crippen LogP contribution in [0.25, 0.3) is 22.2 Å². The molecule has 8 nitrogen and oxygen atoms in total. The van der Waals surface area contributed by atoms with Gasteiger partial charge in [-0.3, -0.25) is 9.10 Å². The highest BCUT2D eigenvalue weighted by molar-refractivity contribution is 7.92. The molecule has 0 fully saturated rings. The smallest absolute Gasteiger partial charge is 0.259 e. The third kappa shape index (κ3) is 4.15. The SMILES string of the molecule is COc1ccccc1C(=O)Nc1cc(-c2cnc3[nH]ccc3c2)ccc1N(C)S(C)(=O)=O. The number of para-hydroxylation sites is 1. The summed E-state index contributed by atoms with van der Waals surface area (Å²) in [5, 5.41) is 3.79. The van der Waals surface area contributed by atoms with E-state index in [1.165, 1.54) is 14.2 Å². The van der Waals surface area contributed by atoms with Crippen molar-refractivity contribution in [1.29, 1.82) is 0 Å². The van der Waals surface area contributed by atoms with Gasteiger partial charge in [-0.25, -0.2) is 13.4 Å². The van der Waals surface area contributed by atoms with Crippen molar-refractivity contribution in [2.24, 2.45) is 0 Å². The highest BCUT2D eigenvalue weighted by Gasteiger charge is 2.20. The number of ether oxygens (including phenoxy) is 1. The number of rotatable bonds is 6. The van der Waals surface area contributed by atoms with E-state index in [9.17, 15) is 13.2 Å². The van der Waals surface area contributed by atoms with Crippen LogP contribution in [0.1, 0.15) is 10.4 Å². The molecule has 0 saturated carbocycles. The van der Waals surface area contributed by atoms with Gasteiger partial charge >= 0.3 is 0 Å². The Kier molecular flexibility index (Phi) is 5.58. The zero-order valence-electron chi connectivity index (χ0n) is 17.8. The number of carbonyl (C=O) groups excluding carboxylic acids is 1. The molecule has 2 aromatic heterocycles. The maximum Gasteiger partial charge on any atom is 0.259 e. The van der Waals surface area contributed by atoms with Gasteiger partial charge in [0.15, 0.2) is 0 Å². The molecule has 0 aliphatic rings. The Hall–Kier alpha value is -3.85. The lowest BCUT2D eigenvalue weighted by atomic mass is 10.0. The molecule has 4 rings (SSSR count). The van der Waals surface area contributed by atoms with Crippen molar-refractivity contribution in [2.45, 2.75) is 0 Å². The fourth-order valence-corrected chi connectivity index (χ4v) is 3.91. The van der Waals surface area contributed by atoms with Crippen molar-refractivity contribution >= 4 is 38.3 Å². The molecular weight excluding hydrogens is 428 g/mol. The number of carbonyl (C=O) groups is 1. The number of sulfonamides is 1. The molecule has 0 aliphatic carbocycles. The second-order valence-corrected chi connectivity index (χ2v) is 9.27. The summed E-state index contributed by atoms with van der Waals surface area (Å²) in [4.78, 5) is 20.5. The van der Waals surface area contributed by atoms with Crippen LogP contribution in [0.4, 0.5) is 11.4 Å². The number of aromatic amines is 1. The second-order valence-electron chi connectivity index (χ2n) is 7.26. The summed E-state index contributed by atoms with van der Waals surface area (Å²) in [6.45, 7) is 0. The molecule has 0 saturated heterocycles. The van der Waals surface area contributed by atoms with Crippen molar-refractivity contribution in [2.75, 3.05) is 30.0 Å². The van der Waals surface area contributed by atoms with Crippen LogP contribution in [0.5, 0.6) is 5.75 Å². The standard InChI is InChI=1S/C23H22N4O4S/c1-27(32(3,29)30)20-9-8-15(17-12-16-10-11-24-22(16)25-14-17)13-19(20)26-23(28)18-6-4-5-7-21(18)31-2/h4-14H,1-3H3,(H,24,25)(H,26,28). The Labute approximate surface area is 185 Å². The predicted octanol–water partition coefficient (Wildman–Crippen LogP) is 3.89. The molecule has 9 heteroatoms. The normalized spacial score (nSPS) is 11.3. The number of amides is 1. The minimum Gasteiger partial charge on any atom is -0.496 e. The van der Waals surface area contributed by atoms with Gasteiger partial charge in [-0.15, -0.1) is 0 Å². The van der Waals surface area contributed by atoms with E-state index in [0.717, 1.165) is 32.7 Å². The molecule has 0 atom stereocenters. The van der Waals surface area contributed by atoms with Gasteiger partial charge in [0, 0.05) is 30.4 Å². The Morgan fingerprint density at radius 2 is 1.88 bits per heavy atom. The van der Waals surface area contributed by atoms with Crippen molar-refractivity contribution in [3.05, 3.63) is 72.6 Å². The number of aromatic nitrogens is 2. The number of anilines is 2. The summed E-state index contributed by atoms with van der Waals surface area (Å²) < 4.78 is 30.8. The molecule has 4 aromatic rings. The van der Waals surface area contributed by atoms with E-state index in [1.807, 2.05) is 18.3 Å². The van der Waals surface area contributed by atoms with Gasteiger partial charge in [0.2, 0.25) is 10.0 Å². The lowest BCUT2D eigenvalue weighted by molar-refractivity contribution is 0.102. The largest absolute Gasteiger partial charge is 0.496 e. The summed E-state index contributed by atoms with van der Waals surface area (Å²) in [6.07, 6.45) is 4.64. The summed E-state index contributed by atoms with van der Waals surface area (Å²) in [5.74, 6) is 0.00300. The van der Waals surface area contributed by atoms with Crippen LogP contribution < -0.4 is 14.4 Å². The summed E-state index contributed by atoms with van der Waals surface area (Å²) in [5.41, 5.74) is 3.41. The molecule has 1 amide bonds. The van der Waals surface area contributed by atoms with Crippen LogP contribution in [-0.2, 0) is 10.0 Å². The number of fused-ring (bicyclic) bond motifs is 1. The van der Waals surface area contributed by atoms with Gasteiger partial charge in [-0.05, 0) is 42.0 Å². The van der Waals surface area contributed by atoms with Crippen LogP contribution in [0.3, 0.4) is 0 Å². The quantitative estimate of drug-likeness (QED) is 0.464. The first kappa shape index (κ1) is 21.4. The molecule has 0 spiro atoms. The molecule has 32 heavy (non-hydrogen) atoms. The minimum absolute atomic E-state index is 0.337. The van der Waals surface area contributed by atoms with Crippen molar-refractivity contribution in [3.8, 4) is 16.9 Å². The van der Waals surface area contributed by atoms with Crippen molar-refractivity contribution in [1.82, 2.24) is 9.97 Å². The molecule has 0 bridgehead atoms. The first-order valence-electron chi connectivity index (χ1n) is 9.74. The third-order valence-corrected chi connectivity index (χ3v) is 6.36. The van der Waals surface area contributed by atoms with Gasteiger partial charge < -0.3 is 15.0 Å². The van der Waals surface area contributed by atoms with Crippen LogP contribution in [-0.4, -0.2) is 44.7 Å². The number of H-pyrrole nitrogens is 1. The van der Waals surface area contributed by atoms with E-state index in [0.29, 0.717) is 22.7 Å². The van der Waals surface area contributed by atoms with Gasteiger partial charge in [0.25, 0.3) is 5.91 Å². The van der Waals surface area contributed by atoms with Crippen LogP contribution in [0.15, 0.2) is 67.0 Å². The highest BCUT2D eigenvalue weighted by Crippen LogP contribution is 2.33. The first-order chi connectivity index (χ1) is 15.3. The number of hydrogen-bond donors (Lipinski definition) is 2. The van der Waals surface area contributed by atoms with Crippen LogP contribution in [0, 0.1) is 0 Å². The van der Waals surface area contributed by atoms with Crippen LogP contribution in [0.2, 0.25) is 0 Å². The van der Waals surface area contributed by atoms with E-state index in [2.05, 4.69) is 15.3 Å². The number of pyridine rings is 1. The third-order valence-electron chi connectivity index (χ3n) is 5.17. The van der Waals surface area contributed by atoms with E-state index in [1.54, 1.807) is 48.7 Å². The average molecular weight is 451 g/mol. The maximum absolute atomic E-state index is 13.0. The number of nitrogens with one attached hydrogen (secondary N) is 2. The summed E-state index contributed by atoms with van der Waals surface area (Å²) >= 11 is 0. The number of nitrogens with zero attached hydrogens (tertiary/aromatic N) is 2. The zero-order chi connectivity index (χ0) is 22.9. The topological polar surface area (TPSA) is 104 Å². The molecule has 0 aliphatic heterocycles. The van der Waals surface area contributed by atoms with Gasteiger partial charge in [-0.1, -0.05) is 18.2 Å². The Bertz CT molecular complexity index is 1410. The fourth-order valence-electron chi connectivity index (χ4n) is 3.39. The molecule has 0 unspecified atom stereocenters. The van der Waals surface area contributed by atoms with Crippen molar-refractivity contribution < 1.29 is 17.9 Å². The Morgan fingerprint density at radius 3 is 2.62 bits per heavy atom. The summed E-state index contributed by atoms with van der Waals surface area (Å²) in [6, 6.07) is 15.9. The number of hydrogen-bond acceptors (Lipinski definition) is 5. The molecule has 2 heterocycles. The fraction of sp³-hybridized carbons (Fsp3) is 0.130. The predicted molar refractivity (Wildman–Crippen MR) is 126 cm³/mol. The first-order valence-corrected chi connectivity index (χ1v) is 11.6. The van der Waals surface area contributed by atoms with Gasteiger partial charge in [-0.2, -0.15) is 0 Å². The van der Waals surface area contributed by atoms with Crippen molar-refractivity contribution in [3.63, 3.8) is 0 Å². The molecule has 0 radical (unpaired) electrons. The van der Waals surface area contributed by atoms with E-state index < -0.39 is 15.9 Å². The lowest BCUT2D eigenvalue weighted by Gasteiger charge is -2.21. The van der Waals surface area contributed by atoms with E-state index in [-0.39, 0.29) is 0 Å². The Morgan fingerprint density at radius 1 is 1.09 bits per heavy atom. The van der Waals surface area contributed by atoms with E-state index in [4.69, 9.17) is 4.74 Å². The highest BCUT2D eigenvalue weighted by atomic mass is 32.2. The van der Waals surface area contributed by atoms with E-state index >= 15 is 0 Å². The summed E-state index contributed by atoms with van der Waals surface area (Å²) in [7, 11) is -0.623. The second kappa shape index (κ2) is 8.35. The monoisotopic (exact) mass is 450 g/mol. The van der Waals surface area contributed by atoms with Gasteiger partial charge in [0.1, 0.15) is 11.4 Å².